The third kappa shape index (κ3) is 3.38. The fourth-order valence-electron chi connectivity index (χ4n) is 1.99. The molecule has 0 aliphatic rings. The summed E-state index contributed by atoms with van der Waals surface area (Å²) < 4.78 is 21.4. The Bertz CT molecular complexity index is 695. The van der Waals surface area contributed by atoms with Crippen molar-refractivity contribution >= 4 is 51.8 Å². The highest BCUT2D eigenvalue weighted by Gasteiger charge is 2.09. The van der Waals surface area contributed by atoms with Crippen molar-refractivity contribution in [2.24, 2.45) is 0 Å². The van der Waals surface area contributed by atoms with Gasteiger partial charge in [-0.15, -0.1) is 0 Å². The van der Waals surface area contributed by atoms with Crippen LogP contribution >= 0.6 is 34.8 Å². The van der Waals surface area contributed by atoms with Gasteiger partial charge in [0, 0.05) is 19.0 Å². The fraction of sp³-hybridized carbons (Fsp3) is 0.385. The monoisotopic (exact) mass is 408 g/mol. The highest BCUT2D eigenvalue weighted by atomic mass is 127. The first-order valence-corrected chi connectivity index (χ1v) is 7.74. The number of hydrogen-bond acceptors (Lipinski definition) is 3. The Morgan fingerprint density at radius 1 is 1.55 bits per heavy atom. The summed E-state index contributed by atoms with van der Waals surface area (Å²) in [6, 6.07) is 3.19. The van der Waals surface area contributed by atoms with E-state index in [9.17, 15) is 9.18 Å². The molecule has 0 unspecified atom stereocenters. The van der Waals surface area contributed by atoms with Crippen molar-refractivity contribution in [1.29, 1.82) is 0 Å². The van der Waals surface area contributed by atoms with Crippen molar-refractivity contribution in [2.45, 2.75) is 26.3 Å². The number of imidazole rings is 1. The molecule has 0 aliphatic carbocycles. The quantitative estimate of drug-likeness (QED) is 0.466. The Morgan fingerprint density at radius 3 is 3.00 bits per heavy atom. The number of halogens is 2. The van der Waals surface area contributed by atoms with E-state index in [0.717, 1.165) is 11.0 Å². The fourth-order valence-corrected chi connectivity index (χ4v) is 2.76. The molecule has 0 radical (unpaired) electrons. The molecule has 2 aromatic rings. The van der Waals surface area contributed by atoms with Crippen LogP contribution in [0.25, 0.3) is 11.0 Å². The largest absolute Gasteiger partial charge is 0.466 e. The number of esters is 1. The van der Waals surface area contributed by atoms with Crippen LogP contribution in [0.1, 0.15) is 19.8 Å². The SMILES string of the molecule is CCOC(=O)CCCn1c(=S)[nH]c2cc(I)c(F)cc21. The molecule has 0 atom stereocenters. The van der Waals surface area contributed by atoms with Crippen LogP contribution in [0.5, 0.6) is 0 Å². The molecule has 0 saturated heterocycles. The third-order valence-corrected chi connectivity index (χ3v) is 4.03. The number of nitrogens with one attached hydrogen (secondary N) is 1. The number of aromatic nitrogens is 2. The Morgan fingerprint density at radius 2 is 2.30 bits per heavy atom. The van der Waals surface area contributed by atoms with Gasteiger partial charge in [0.05, 0.1) is 21.2 Å². The van der Waals surface area contributed by atoms with Gasteiger partial charge in [-0.25, -0.2) is 4.39 Å². The first-order valence-electron chi connectivity index (χ1n) is 6.26. The minimum absolute atomic E-state index is 0.223. The molecule has 0 aliphatic heterocycles. The summed E-state index contributed by atoms with van der Waals surface area (Å²) in [7, 11) is 0. The molecular weight excluding hydrogens is 394 g/mol. The highest BCUT2D eigenvalue weighted by molar-refractivity contribution is 14.1. The molecule has 0 bridgehead atoms. The lowest BCUT2D eigenvalue weighted by molar-refractivity contribution is -0.143. The maximum absolute atomic E-state index is 13.6. The summed E-state index contributed by atoms with van der Waals surface area (Å²) in [6.45, 7) is 2.71. The van der Waals surface area contributed by atoms with Crippen LogP contribution < -0.4 is 0 Å². The van der Waals surface area contributed by atoms with Crippen LogP contribution in [0.4, 0.5) is 4.39 Å². The van der Waals surface area contributed by atoms with Crippen molar-refractivity contribution in [1.82, 2.24) is 9.55 Å². The number of carbonyl (C=O) groups is 1. The van der Waals surface area contributed by atoms with E-state index < -0.39 is 0 Å². The normalized spacial score (nSPS) is 10.9. The van der Waals surface area contributed by atoms with E-state index in [1.54, 1.807) is 13.0 Å². The molecule has 0 spiro atoms. The highest BCUT2D eigenvalue weighted by Crippen LogP contribution is 2.21. The average molecular weight is 408 g/mol. The standard InChI is InChI=1S/C13H14FIN2O2S/c1-2-19-12(18)4-3-5-17-11-6-8(14)9(15)7-10(11)16-13(17)20/h6-7H,2-5H2,1H3,(H,16,20). The van der Waals surface area contributed by atoms with Crippen molar-refractivity contribution in [3.8, 4) is 0 Å². The zero-order chi connectivity index (χ0) is 14.7. The van der Waals surface area contributed by atoms with E-state index in [-0.39, 0.29) is 11.8 Å². The number of fused-ring (bicyclic) bond motifs is 1. The summed E-state index contributed by atoms with van der Waals surface area (Å²) in [6.07, 6.45) is 0.933. The topological polar surface area (TPSA) is 47.0 Å². The van der Waals surface area contributed by atoms with E-state index in [1.165, 1.54) is 6.07 Å². The van der Waals surface area contributed by atoms with E-state index in [1.807, 2.05) is 27.2 Å². The first kappa shape index (κ1) is 15.4. The Balaban J connectivity index is 2.18. The van der Waals surface area contributed by atoms with Crippen LogP contribution in [0.15, 0.2) is 12.1 Å². The van der Waals surface area contributed by atoms with E-state index in [2.05, 4.69) is 4.98 Å². The van der Waals surface area contributed by atoms with Crippen LogP contribution in [0.2, 0.25) is 0 Å². The summed E-state index contributed by atoms with van der Waals surface area (Å²) in [4.78, 5) is 14.3. The summed E-state index contributed by atoms with van der Waals surface area (Å²) in [5.74, 6) is -0.495. The second-order valence-corrected chi connectivity index (χ2v) is 5.82. The average Bonchev–Trinajstić information content (AvgIpc) is 2.67. The second-order valence-electron chi connectivity index (χ2n) is 4.27. The van der Waals surface area contributed by atoms with Gasteiger partial charge in [0.1, 0.15) is 5.82 Å². The lowest BCUT2D eigenvalue weighted by atomic mass is 10.3. The molecule has 0 saturated carbocycles. The molecule has 1 aromatic carbocycles. The number of aromatic amines is 1. The maximum Gasteiger partial charge on any atom is 0.305 e. The minimum Gasteiger partial charge on any atom is -0.466 e. The summed E-state index contributed by atoms with van der Waals surface area (Å²) >= 11 is 7.18. The third-order valence-electron chi connectivity index (χ3n) is 2.88. The number of benzene rings is 1. The molecule has 1 heterocycles. The molecular formula is C13H14FIN2O2S. The van der Waals surface area contributed by atoms with Crippen molar-refractivity contribution in [3.63, 3.8) is 0 Å². The molecule has 2 rings (SSSR count). The predicted octanol–water partition coefficient (Wildman–Crippen LogP) is 3.79. The lowest BCUT2D eigenvalue weighted by Gasteiger charge is -2.05. The number of carbonyl (C=O) groups excluding carboxylic acids is 1. The zero-order valence-corrected chi connectivity index (χ0v) is 13.9. The molecule has 20 heavy (non-hydrogen) atoms. The van der Waals surface area contributed by atoms with Gasteiger partial charge in [0.25, 0.3) is 0 Å². The Labute approximate surface area is 134 Å². The number of aryl methyl sites for hydroxylation is 1. The van der Waals surface area contributed by atoms with Gasteiger partial charge >= 0.3 is 5.97 Å². The van der Waals surface area contributed by atoms with Crippen molar-refractivity contribution in [3.05, 3.63) is 26.3 Å². The molecule has 0 amide bonds. The number of H-pyrrole nitrogens is 1. The molecule has 4 nitrogen and oxygen atoms in total. The lowest BCUT2D eigenvalue weighted by Crippen LogP contribution is -2.06. The van der Waals surface area contributed by atoms with Gasteiger partial charge in [-0.05, 0) is 54.2 Å². The number of nitrogens with zero attached hydrogens (tertiary/aromatic N) is 1. The second kappa shape index (κ2) is 6.66. The summed E-state index contributed by atoms with van der Waals surface area (Å²) in [5, 5.41) is 0. The van der Waals surface area contributed by atoms with Crippen molar-refractivity contribution in [2.75, 3.05) is 6.61 Å². The number of ether oxygens (including phenoxy) is 1. The predicted molar refractivity (Wildman–Crippen MR) is 85.7 cm³/mol. The number of hydrogen-bond donors (Lipinski definition) is 1. The van der Waals surface area contributed by atoms with Gasteiger partial charge in [-0.1, -0.05) is 0 Å². The maximum atomic E-state index is 13.6. The van der Waals surface area contributed by atoms with E-state index >= 15 is 0 Å². The summed E-state index contributed by atoms with van der Waals surface area (Å²) in [5.41, 5.74) is 1.52. The van der Waals surface area contributed by atoms with Gasteiger partial charge in [-0.2, -0.15) is 0 Å². The van der Waals surface area contributed by atoms with E-state index in [0.29, 0.717) is 34.3 Å². The molecule has 108 valence electrons. The smallest absolute Gasteiger partial charge is 0.305 e. The van der Waals surface area contributed by atoms with Gasteiger partial charge < -0.3 is 14.3 Å². The molecule has 1 N–H and O–H groups in total. The Kier molecular flexibility index (Phi) is 5.14. The Hall–Kier alpha value is -0.960. The minimum atomic E-state index is -0.272. The molecule has 1 aromatic heterocycles. The van der Waals surface area contributed by atoms with Crippen LogP contribution in [-0.4, -0.2) is 22.1 Å². The number of rotatable bonds is 5. The van der Waals surface area contributed by atoms with Gasteiger partial charge in [0.15, 0.2) is 4.77 Å². The van der Waals surface area contributed by atoms with Crippen LogP contribution in [0, 0.1) is 14.2 Å². The molecule has 7 heteroatoms. The van der Waals surface area contributed by atoms with Crippen LogP contribution in [-0.2, 0) is 16.1 Å². The zero-order valence-electron chi connectivity index (χ0n) is 10.9. The van der Waals surface area contributed by atoms with Crippen molar-refractivity contribution < 1.29 is 13.9 Å². The van der Waals surface area contributed by atoms with Crippen LogP contribution in [0.3, 0.4) is 0 Å². The first-order chi connectivity index (χ1) is 9.52. The van der Waals surface area contributed by atoms with Gasteiger partial charge in [-0.3, -0.25) is 4.79 Å². The molecule has 0 fully saturated rings. The van der Waals surface area contributed by atoms with E-state index in [4.69, 9.17) is 17.0 Å². The van der Waals surface area contributed by atoms with Gasteiger partial charge in [0.2, 0.25) is 0 Å².